The van der Waals surface area contributed by atoms with Gasteiger partial charge in [0.05, 0.1) is 12.8 Å². The highest BCUT2D eigenvalue weighted by atomic mass is 35.5. The van der Waals surface area contributed by atoms with Crippen LogP contribution in [-0.2, 0) is 11.5 Å². The van der Waals surface area contributed by atoms with E-state index in [9.17, 15) is 0 Å². The van der Waals surface area contributed by atoms with Gasteiger partial charge < -0.3 is 4.74 Å². The molecule has 0 bridgehead atoms. The number of benzene rings is 1. The van der Waals surface area contributed by atoms with Crippen molar-refractivity contribution < 1.29 is 4.74 Å². The monoisotopic (exact) mass is 266 g/mol. The second-order valence-electron chi connectivity index (χ2n) is 3.79. The Kier molecular flexibility index (Phi) is 2.76. The Morgan fingerprint density at radius 1 is 1.35 bits per heavy atom. The summed E-state index contributed by atoms with van der Waals surface area (Å²) in [6.07, 6.45) is 0. The SMILES string of the molecule is COc1ccccc1-n1nc2c(c1Cl)CSC2. The maximum atomic E-state index is 6.36. The van der Waals surface area contributed by atoms with E-state index in [4.69, 9.17) is 16.3 Å². The van der Waals surface area contributed by atoms with Gasteiger partial charge in [0.25, 0.3) is 0 Å². The van der Waals surface area contributed by atoms with E-state index in [0.717, 1.165) is 34.2 Å². The molecule has 0 unspecified atom stereocenters. The maximum Gasteiger partial charge on any atom is 0.144 e. The number of ether oxygens (including phenoxy) is 1. The van der Waals surface area contributed by atoms with E-state index in [1.165, 1.54) is 0 Å². The predicted molar refractivity (Wildman–Crippen MR) is 70.1 cm³/mol. The zero-order valence-electron chi connectivity index (χ0n) is 9.31. The highest BCUT2D eigenvalue weighted by molar-refractivity contribution is 7.98. The Balaban J connectivity index is 2.16. The number of fused-ring (bicyclic) bond motifs is 1. The number of thioether (sulfide) groups is 1. The van der Waals surface area contributed by atoms with Crippen LogP contribution in [0.4, 0.5) is 0 Å². The van der Waals surface area contributed by atoms with Crippen molar-refractivity contribution in [3.05, 3.63) is 40.7 Å². The zero-order chi connectivity index (χ0) is 11.8. The van der Waals surface area contributed by atoms with Crippen molar-refractivity contribution in [2.75, 3.05) is 7.11 Å². The lowest BCUT2D eigenvalue weighted by atomic mass is 10.3. The van der Waals surface area contributed by atoms with Gasteiger partial charge in [0.15, 0.2) is 0 Å². The quantitative estimate of drug-likeness (QED) is 0.835. The van der Waals surface area contributed by atoms with Gasteiger partial charge >= 0.3 is 0 Å². The second-order valence-corrected chi connectivity index (χ2v) is 5.14. The summed E-state index contributed by atoms with van der Waals surface area (Å²) in [5.74, 6) is 2.67. The van der Waals surface area contributed by atoms with E-state index in [1.54, 1.807) is 11.8 Å². The van der Waals surface area contributed by atoms with Gasteiger partial charge in [-0.05, 0) is 12.1 Å². The summed E-state index contributed by atoms with van der Waals surface area (Å²) in [7, 11) is 1.65. The molecular formula is C12H11ClN2OS. The fraction of sp³-hybridized carbons (Fsp3) is 0.250. The molecule has 2 heterocycles. The van der Waals surface area contributed by atoms with Crippen molar-refractivity contribution in [2.45, 2.75) is 11.5 Å². The number of nitrogens with zero attached hydrogens (tertiary/aromatic N) is 2. The van der Waals surface area contributed by atoms with Gasteiger partial charge in [0, 0.05) is 17.1 Å². The minimum atomic E-state index is 0.703. The molecule has 0 spiro atoms. The first-order chi connectivity index (χ1) is 8.31. The van der Waals surface area contributed by atoms with Crippen molar-refractivity contribution in [3.63, 3.8) is 0 Å². The van der Waals surface area contributed by atoms with Crippen LogP contribution in [-0.4, -0.2) is 16.9 Å². The maximum absolute atomic E-state index is 6.36. The number of rotatable bonds is 2. The number of methoxy groups -OCH3 is 1. The Hall–Kier alpha value is -1.13. The fourth-order valence-corrected chi connectivity index (χ4v) is 3.36. The summed E-state index contributed by atoms with van der Waals surface area (Å²) in [6.45, 7) is 0. The molecule has 2 aromatic rings. The normalized spacial score (nSPS) is 13.8. The first-order valence-corrected chi connectivity index (χ1v) is 6.82. The van der Waals surface area contributed by atoms with Gasteiger partial charge in [-0.1, -0.05) is 23.7 Å². The van der Waals surface area contributed by atoms with Gasteiger partial charge in [-0.15, -0.1) is 0 Å². The lowest BCUT2D eigenvalue weighted by molar-refractivity contribution is 0.411. The molecule has 0 fully saturated rings. The molecule has 3 nitrogen and oxygen atoms in total. The van der Waals surface area contributed by atoms with Gasteiger partial charge in [-0.3, -0.25) is 0 Å². The minimum absolute atomic E-state index is 0.703. The van der Waals surface area contributed by atoms with E-state index in [-0.39, 0.29) is 0 Å². The summed E-state index contributed by atoms with van der Waals surface area (Å²) in [5.41, 5.74) is 3.13. The summed E-state index contributed by atoms with van der Waals surface area (Å²) in [5, 5.41) is 5.26. The largest absolute Gasteiger partial charge is 0.494 e. The van der Waals surface area contributed by atoms with Gasteiger partial charge in [-0.2, -0.15) is 16.9 Å². The van der Waals surface area contributed by atoms with Crippen LogP contribution in [0.25, 0.3) is 5.69 Å². The molecule has 1 aromatic heterocycles. The van der Waals surface area contributed by atoms with Gasteiger partial charge in [-0.25, -0.2) is 4.68 Å². The minimum Gasteiger partial charge on any atom is -0.494 e. The van der Waals surface area contributed by atoms with Crippen molar-refractivity contribution >= 4 is 23.4 Å². The van der Waals surface area contributed by atoms with Crippen molar-refractivity contribution in [2.24, 2.45) is 0 Å². The van der Waals surface area contributed by atoms with Crippen LogP contribution in [0.5, 0.6) is 5.75 Å². The molecule has 0 saturated carbocycles. The molecule has 1 aliphatic rings. The van der Waals surface area contributed by atoms with Crippen LogP contribution in [0.1, 0.15) is 11.3 Å². The topological polar surface area (TPSA) is 27.1 Å². The molecule has 5 heteroatoms. The molecule has 0 atom stereocenters. The third-order valence-corrected chi connectivity index (χ3v) is 4.16. The summed E-state index contributed by atoms with van der Waals surface area (Å²) >= 11 is 8.21. The van der Waals surface area contributed by atoms with Crippen LogP contribution < -0.4 is 4.74 Å². The molecular weight excluding hydrogens is 256 g/mol. The van der Waals surface area contributed by atoms with Crippen LogP contribution in [0, 0.1) is 0 Å². The van der Waals surface area contributed by atoms with Gasteiger partial charge in [0.2, 0.25) is 0 Å². The average Bonchev–Trinajstić information content (AvgIpc) is 2.93. The number of hydrogen-bond donors (Lipinski definition) is 0. The highest BCUT2D eigenvalue weighted by Crippen LogP contribution is 2.36. The van der Waals surface area contributed by atoms with E-state index in [1.807, 2.05) is 36.0 Å². The third-order valence-electron chi connectivity index (χ3n) is 2.80. The van der Waals surface area contributed by atoms with Crippen molar-refractivity contribution in [3.8, 4) is 11.4 Å². The number of halogens is 1. The van der Waals surface area contributed by atoms with Gasteiger partial charge in [0.1, 0.15) is 16.6 Å². The van der Waals surface area contributed by atoms with E-state index < -0.39 is 0 Å². The third kappa shape index (κ3) is 1.72. The molecule has 17 heavy (non-hydrogen) atoms. The van der Waals surface area contributed by atoms with Crippen LogP contribution in [0.3, 0.4) is 0 Å². The van der Waals surface area contributed by atoms with Crippen LogP contribution in [0.2, 0.25) is 5.15 Å². The molecule has 0 amide bonds. The number of aromatic nitrogens is 2. The Bertz CT molecular complexity index is 568. The number of para-hydroxylation sites is 2. The molecule has 0 N–H and O–H groups in total. The molecule has 0 saturated heterocycles. The second kappa shape index (κ2) is 4.27. The Morgan fingerprint density at radius 3 is 2.94 bits per heavy atom. The van der Waals surface area contributed by atoms with E-state index in [0.29, 0.717) is 5.15 Å². The smallest absolute Gasteiger partial charge is 0.144 e. The van der Waals surface area contributed by atoms with Crippen molar-refractivity contribution in [1.82, 2.24) is 9.78 Å². The van der Waals surface area contributed by atoms with E-state index in [2.05, 4.69) is 5.10 Å². The number of hydrogen-bond acceptors (Lipinski definition) is 3. The molecule has 88 valence electrons. The summed E-state index contributed by atoms with van der Waals surface area (Å²) in [6, 6.07) is 7.76. The first kappa shape index (κ1) is 11.0. The van der Waals surface area contributed by atoms with Crippen LogP contribution in [0.15, 0.2) is 24.3 Å². The molecule has 0 aliphatic carbocycles. The molecule has 0 radical (unpaired) electrons. The Labute approximate surface area is 109 Å². The van der Waals surface area contributed by atoms with E-state index >= 15 is 0 Å². The molecule has 1 aliphatic heterocycles. The average molecular weight is 267 g/mol. The van der Waals surface area contributed by atoms with Crippen LogP contribution >= 0.6 is 23.4 Å². The Morgan fingerprint density at radius 2 is 2.18 bits per heavy atom. The molecule has 3 rings (SSSR count). The fourth-order valence-electron chi connectivity index (χ4n) is 1.94. The van der Waals surface area contributed by atoms with Crippen molar-refractivity contribution in [1.29, 1.82) is 0 Å². The standard InChI is InChI=1S/C12H11ClN2OS/c1-16-11-5-3-2-4-10(11)15-12(13)8-6-17-7-9(8)14-15/h2-5H,6-7H2,1H3. The predicted octanol–water partition coefficient (Wildman–Crippen LogP) is 3.28. The highest BCUT2D eigenvalue weighted by Gasteiger charge is 2.23. The zero-order valence-corrected chi connectivity index (χ0v) is 10.9. The first-order valence-electron chi connectivity index (χ1n) is 5.28. The lowest BCUT2D eigenvalue weighted by Crippen LogP contribution is -2.00. The summed E-state index contributed by atoms with van der Waals surface area (Å²) in [4.78, 5) is 0. The summed E-state index contributed by atoms with van der Waals surface area (Å²) < 4.78 is 7.10. The molecule has 1 aromatic carbocycles. The lowest BCUT2D eigenvalue weighted by Gasteiger charge is -2.09.